The first-order valence-corrected chi connectivity index (χ1v) is 8.93. The van der Waals surface area contributed by atoms with Crippen molar-refractivity contribution in [1.29, 1.82) is 0 Å². The smallest absolute Gasteiger partial charge is 0.211 e. The summed E-state index contributed by atoms with van der Waals surface area (Å²) in [4.78, 5) is 0.229. The van der Waals surface area contributed by atoms with Gasteiger partial charge < -0.3 is 0 Å². The maximum absolute atomic E-state index is 12.0. The predicted octanol–water partition coefficient (Wildman–Crippen LogP) is 4.21. The van der Waals surface area contributed by atoms with E-state index in [1.807, 2.05) is 0 Å². The van der Waals surface area contributed by atoms with Crippen LogP contribution in [0.5, 0.6) is 0 Å². The van der Waals surface area contributed by atoms with Gasteiger partial charge in [0.25, 0.3) is 0 Å². The van der Waals surface area contributed by atoms with Gasteiger partial charge in [-0.25, -0.2) is 13.1 Å². The molecule has 1 aromatic rings. The fraction of sp³-hybridized carbons (Fsp3) is 0.538. The van der Waals surface area contributed by atoms with Crippen molar-refractivity contribution in [3.63, 3.8) is 0 Å². The number of benzene rings is 1. The van der Waals surface area contributed by atoms with E-state index in [-0.39, 0.29) is 4.90 Å². The Bertz CT molecular complexity index is 517. The van der Waals surface area contributed by atoms with Crippen LogP contribution in [0.25, 0.3) is 0 Å². The average Bonchev–Trinajstić information content (AvgIpc) is 2.31. The highest BCUT2D eigenvalue weighted by Gasteiger charge is 2.14. The van der Waals surface area contributed by atoms with E-state index in [1.165, 1.54) is 12.1 Å². The summed E-state index contributed by atoms with van der Waals surface area (Å²) in [7, 11) is -3.44. The van der Waals surface area contributed by atoms with Crippen molar-refractivity contribution in [2.45, 2.75) is 38.0 Å². The van der Waals surface area contributed by atoms with E-state index in [0.29, 0.717) is 22.0 Å². The number of unbranched alkanes of at least 4 members (excludes halogenated alkanes) is 1. The van der Waals surface area contributed by atoms with Crippen molar-refractivity contribution in [3.8, 4) is 0 Å². The summed E-state index contributed by atoms with van der Waals surface area (Å²) in [5.41, 5.74) is 0. The second-order valence-corrected chi connectivity index (χ2v) is 7.89. The fourth-order valence-electron chi connectivity index (χ4n) is 1.61. The maximum atomic E-state index is 12.0. The minimum Gasteiger partial charge on any atom is -0.211 e. The van der Waals surface area contributed by atoms with Crippen molar-refractivity contribution in [3.05, 3.63) is 27.7 Å². The molecule has 0 spiro atoms. The molecule has 0 saturated heterocycles. The van der Waals surface area contributed by atoms with Gasteiger partial charge in [0.2, 0.25) is 10.0 Å². The van der Waals surface area contributed by atoms with E-state index >= 15 is 0 Å². The SMILES string of the molecule is CC(C)CCCCNS(=O)(=O)c1ccc(Cl)c(Br)c1. The van der Waals surface area contributed by atoms with Gasteiger partial charge >= 0.3 is 0 Å². The first-order chi connectivity index (χ1) is 8.83. The first kappa shape index (κ1) is 17.0. The van der Waals surface area contributed by atoms with Crippen molar-refractivity contribution < 1.29 is 8.42 Å². The molecule has 1 rings (SSSR count). The van der Waals surface area contributed by atoms with Crippen LogP contribution in [0.2, 0.25) is 5.02 Å². The Morgan fingerprint density at radius 3 is 2.58 bits per heavy atom. The summed E-state index contributed by atoms with van der Waals surface area (Å²) in [5, 5.41) is 0.496. The van der Waals surface area contributed by atoms with E-state index in [0.717, 1.165) is 19.3 Å². The number of halogens is 2. The molecule has 6 heteroatoms. The largest absolute Gasteiger partial charge is 0.240 e. The number of hydrogen-bond acceptors (Lipinski definition) is 2. The number of nitrogens with one attached hydrogen (secondary N) is 1. The Balaban J connectivity index is 2.54. The molecule has 0 aliphatic heterocycles. The summed E-state index contributed by atoms with van der Waals surface area (Å²) < 4.78 is 27.2. The van der Waals surface area contributed by atoms with Crippen LogP contribution in [0.4, 0.5) is 0 Å². The lowest BCUT2D eigenvalue weighted by molar-refractivity contribution is 0.530. The summed E-state index contributed by atoms with van der Waals surface area (Å²) in [6.45, 7) is 4.79. The van der Waals surface area contributed by atoms with Gasteiger partial charge in [0.1, 0.15) is 0 Å². The minimum absolute atomic E-state index is 0.229. The molecule has 0 atom stereocenters. The third-order valence-electron chi connectivity index (χ3n) is 2.70. The molecule has 108 valence electrons. The molecule has 0 heterocycles. The maximum Gasteiger partial charge on any atom is 0.240 e. The highest BCUT2D eigenvalue weighted by Crippen LogP contribution is 2.25. The molecule has 0 bridgehead atoms. The fourth-order valence-corrected chi connectivity index (χ4v) is 3.36. The van der Waals surface area contributed by atoms with E-state index in [4.69, 9.17) is 11.6 Å². The molecule has 0 amide bonds. The van der Waals surface area contributed by atoms with Crippen LogP contribution < -0.4 is 4.72 Å². The third kappa shape index (κ3) is 5.81. The number of rotatable bonds is 7. The topological polar surface area (TPSA) is 46.2 Å². The van der Waals surface area contributed by atoms with Crippen molar-refractivity contribution >= 4 is 37.6 Å². The van der Waals surface area contributed by atoms with Gasteiger partial charge in [0.15, 0.2) is 0 Å². The van der Waals surface area contributed by atoms with Crippen LogP contribution in [0.3, 0.4) is 0 Å². The van der Waals surface area contributed by atoms with Gasteiger partial charge in [0, 0.05) is 11.0 Å². The molecule has 0 fully saturated rings. The Kier molecular flexibility index (Phi) is 6.80. The second-order valence-electron chi connectivity index (χ2n) is 4.86. The molecule has 1 aromatic carbocycles. The van der Waals surface area contributed by atoms with Crippen LogP contribution in [-0.2, 0) is 10.0 Å². The quantitative estimate of drug-likeness (QED) is 0.733. The Morgan fingerprint density at radius 1 is 1.32 bits per heavy atom. The van der Waals surface area contributed by atoms with Gasteiger partial charge in [-0.05, 0) is 46.5 Å². The van der Waals surface area contributed by atoms with E-state index in [2.05, 4.69) is 34.5 Å². The van der Waals surface area contributed by atoms with Gasteiger partial charge in [-0.1, -0.05) is 38.3 Å². The lowest BCUT2D eigenvalue weighted by atomic mass is 10.1. The molecular formula is C13H19BrClNO2S. The summed E-state index contributed by atoms with van der Waals surface area (Å²) >= 11 is 9.07. The highest BCUT2D eigenvalue weighted by atomic mass is 79.9. The lowest BCUT2D eigenvalue weighted by Crippen LogP contribution is -2.24. The Morgan fingerprint density at radius 2 is 2.00 bits per heavy atom. The van der Waals surface area contributed by atoms with E-state index < -0.39 is 10.0 Å². The minimum atomic E-state index is -3.44. The number of sulfonamides is 1. The van der Waals surface area contributed by atoms with Crippen LogP contribution in [0.15, 0.2) is 27.6 Å². The van der Waals surface area contributed by atoms with Crippen molar-refractivity contribution in [2.75, 3.05) is 6.54 Å². The molecule has 0 aliphatic carbocycles. The summed E-state index contributed by atoms with van der Waals surface area (Å²) in [6.07, 6.45) is 3.00. The molecule has 1 N–H and O–H groups in total. The molecule has 3 nitrogen and oxygen atoms in total. The molecule has 0 aliphatic rings. The van der Waals surface area contributed by atoms with Crippen molar-refractivity contribution in [1.82, 2.24) is 4.72 Å². The van der Waals surface area contributed by atoms with Crippen LogP contribution in [0, 0.1) is 5.92 Å². The molecule has 0 saturated carbocycles. The molecule has 19 heavy (non-hydrogen) atoms. The zero-order valence-corrected chi connectivity index (χ0v) is 14.3. The molecule has 0 aromatic heterocycles. The molecule has 0 radical (unpaired) electrons. The number of hydrogen-bond donors (Lipinski definition) is 1. The second kappa shape index (κ2) is 7.62. The van der Waals surface area contributed by atoms with Gasteiger partial charge in [-0.15, -0.1) is 0 Å². The molecular weight excluding hydrogens is 350 g/mol. The summed E-state index contributed by atoms with van der Waals surface area (Å²) in [5.74, 6) is 0.656. The first-order valence-electron chi connectivity index (χ1n) is 6.27. The van der Waals surface area contributed by atoms with E-state index in [1.54, 1.807) is 6.07 Å². The van der Waals surface area contributed by atoms with Crippen LogP contribution in [-0.4, -0.2) is 15.0 Å². The molecule has 0 unspecified atom stereocenters. The predicted molar refractivity (Wildman–Crippen MR) is 83.0 cm³/mol. The monoisotopic (exact) mass is 367 g/mol. The van der Waals surface area contributed by atoms with Crippen LogP contribution >= 0.6 is 27.5 Å². The average molecular weight is 369 g/mol. The zero-order valence-electron chi connectivity index (χ0n) is 11.1. The normalized spacial score (nSPS) is 12.1. The summed E-state index contributed by atoms with van der Waals surface area (Å²) in [6, 6.07) is 4.58. The highest BCUT2D eigenvalue weighted by molar-refractivity contribution is 9.10. The van der Waals surface area contributed by atoms with Gasteiger partial charge in [-0.2, -0.15) is 0 Å². The zero-order chi connectivity index (χ0) is 14.5. The Labute approximate surface area is 128 Å². The standard InChI is InChI=1S/C13H19BrClNO2S/c1-10(2)5-3-4-8-16-19(17,18)11-6-7-13(15)12(14)9-11/h6-7,9-10,16H,3-5,8H2,1-2H3. The van der Waals surface area contributed by atoms with Gasteiger partial charge in [-0.3, -0.25) is 0 Å². The van der Waals surface area contributed by atoms with Crippen LogP contribution in [0.1, 0.15) is 33.1 Å². The van der Waals surface area contributed by atoms with E-state index in [9.17, 15) is 8.42 Å². The van der Waals surface area contributed by atoms with Crippen molar-refractivity contribution in [2.24, 2.45) is 5.92 Å². The lowest BCUT2D eigenvalue weighted by Gasteiger charge is -2.08. The Hall–Kier alpha value is -0.100. The van der Waals surface area contributed by atoms with Gasteiger partial charge in [0.05, 0.1) is 9.92 Å². The third-order valence-corrected chi connectivity index (χ3v) is 5.37.